The van der Waals surface area contributed by atoms with E-state index in [2.05, 4.69) is 0 Å². The van der Waals surface area contributed by atoms with Crippen molar-refractivity contribution < 1.29 is 33.2 Å². The summed E-state index contributed by atoms with van der Waals surface area (Å²) in [5, 5.41) is 0. The second-order valence-corrected chi connectivity index (χ2v) is 8.86. The number of hydrogen-bond donors (Lipinski definition) is 0. The molecule has 0 radical (unpaired) electrons. The van der Waals surface area contributed by atoms with Gasteiger partial charge in [0.05, 0.1) is 19.8 Å². The topological polar surface area (TPSA) is 72.5 Å². The summed E-state index contributed by atoms with van der Waals surface area (Å²) in [6.45, 7) is 2.40. The summed E-state index contributed by atoms with van der Waals surface area (Å²) in [5.41, 5.74) is 3.04. The molecule has 0 saturated carbocycles. The molecule has 0 aliphatic carbocycles. The Morgan fingerprint density at radius 1 is 0.676 bits per heavy atom. The van der Waals surface area contributed by atoms with Gasteiger partial charge in [0.2, 0.25) is 0 Å². The quantitative estimate of drug-likeness (QED) is 0.331. The molecule has 1 saturated heterocycles. The average molecular weight is 507 g/mol. The molecule has 0 N–H and O–H groups in total. The highest BCUT2D eigenvalue weighted by Gasteiger charge is 2.49. The Morgan fingerprint density at radius 2 is 1.11 bits per heavy atom. The van der Waals surface area contributed by atoms with Gasteiger partial charge >= 0.3 is 5.97 Å². The third-order valence-corrected chi connectivity index (χ3v) is 6.13. The molecule has 3 aromatic carbocycles. The summed E-state index contributed by atoms with van der Waals surface area (Å²) >= 11 is 0. The molecule has 7 heteroatoms. The maximum atomic E-state index is 11.6. The molecular weight excluding hydrogens is 472 g/mol. The highest BCUT2D eigenvalue weighted by Crippen LogP contribution is 2.31. The number of benzene rings is 3. The lowest BCUT2D eigenvalue weighted by Crippen LogP contribution is -2.61. The fourth-order valence-electron chi connectivity index (χ4n) is 4.27. The number of carbonyl (C=O) groups is 1. The van der Waals surface area contributed by atoms with E-state index < -0.39 is 36.7 Å². The van der Waals surface area contributed by atoms with E-state index in [0.29, 0.717) is 19.8 Å². The maximum Gasteiger partial charge on any atom is 0.302 e. The van der Waals surface area contributed by atoms with Crippen LogP contribution < -0.4 is 0 Å². The number of hydrogen-bond acceptors (Lipinski definition) is 7. The second-order valence-electron chi connectivity index (χ2n) is 8.86. The van der Waals surface area contributed by atoms with Crippen molar-refractivity contribution in [3.63, 3.8) is 0 Å². The second kappa shape index (κ2) is 14.0. The Labute approximate surface area is 218 Å². The van der Waals surface area contributed by atoms with Gasteiger partial charge in [-0.1, -0.05) is 91.0 Å². The highest BCUT2D eigenvalue weighted by atomic mass is 16.7. The van der Waals surface area contributed by atoms with E-state index in [1.54, 1.807) is 7.11 Å². The largest absolute Gasteiger partial charge is 0.463 e. The first-order valence-electron chi connectivity index (χ1n) is 12.4. The molecular formula is C30H34O7. The van der Waals surface area contributed by atoms with Gasteiger partial charge in [0.15, 0.2) is 6.29 Å². The van der Waals surface area contributed by atoms with Gasteiger partial charge in [-0.25, -0.2) is 0 Å². The zero-order valence-corrected chi connectivity index (χ0v) is 21.2. The molecule has 7 nitrogen and oxygen atoms in total. The van der Waals surface area contributed by atoms with E-state index >= 15 is 0 Å². The van der Waals surface area contributed by atoms with Gasteiger partial charge in [-0.05, 0) is 16.7 Å². The van der Waals surface area contributed by atoms with Crippen molar-refractivity contribution in [2.75, 3.05) is 13.7 Å². The molecule has 0 aromatic heterocycles. The Kier molecular flexibility index (Phi) is 10.2. The average Bonchev–Trinajstić information content (AvgIpc) is 2.94. The molecule has 0 spiro atoms. The monoisotopic (exact) mass is 506 g/mol. The van der Waals surface area contributed by atoms with Crippen LogP contribution in [0.4, 0.5) is 0 Å². The van der Waals surface area contributed by atoms with Crippen molar-refractivity contribution in [2.24, 2.45) is 0 Å². The number of rotatable bonds is 12. The SMILES string of the molecule is CO[C@H]1O[C@H](COC(C)=O)[C@H](OCc2ccccc2)[C@H](OCc2ccccc2)[C@H]1OCc1ccccc1. The zero-order chi connectivity index (χ0) is 25.9. The van der Waals surface area contributed by atoms with E-state index in [1.165, 1.54) is 6.92 Å². The van der Waals surface area contributed by atoms with Crippen LogP contribution >= 0.6 is 0 Å². The van der Waals surface area contributed by atoms with E-state index in [0.717, 1.165) is 16.7 Å². The summed E-state index contributed by atoms with van der Waals surface area (Å²) in [7, 11) is 1.56. The number of methoxy groups -OCH3 is 1. The number of carbonyl (C=O) groups excluding carboxylic acids is 1. The molecule has 0 unspecified atom stereocenters. The van der Waals surface area contributed by atoms with Crippen LogP contribution in [0.5, 0.6) is 0 Å². The molecule has 37 heavy (non-hydrogen) atoms. The van der Waals surface area contributed by atoms with Gasteiger partial charge < -0.3 is 28.4 Å². The fourth-order valence-corrected chi connectivity index (χ4v) is 4.27. The first-order chi connectivity index (χ1) is 18.1. The third kappa shape index (κ3) is 7.95. The van der Waals surface area contributed by atoms with Crippen molar-refractivity contribution in [1.29, 1.82) is 0 Å². The minimum Gasteiger partial charge on any atom is -0.463 e. The van der Waals surface area contributed by atoms with Gasteiger partial charge in [-0.2, -0.15) is 0 Å². The molecule has 3 aromatic rings. The Hall–Kier alpha value is -3.07. The summed E-state index contributed by atoms with van der Waals surface area (Å²) in [6.07, 6.45) is -3.11. The lowest BCUT2D eigenvalue weighted by molar-refractivity contribution is -0.321. The van der Waals surface area contributed by atoms with Crippen molar-refractivity contribution >= 4 is 5.97 Å². The van der Waals surface area contributed by atoms with Crippen LogP contribution in [0, 0.1) is 0 Å². The van der Waals surface area contributed by atoms with Crippen LogP contribution in [-0.4, -0.2) is 50.4 Å². The molecule has 196 valence electrons. The first-order valence-corrected chi connectivity index (χ1v) is 12.4. The molecule has 0 amide bonds. The first kappa shape index (κ1) is 27.0. The number of ether oxygens (including phenoxy) is 6. The van der Waals surface area contributed by atoms with Crippen LogP contribution in [-0.2, 0) is 53.0 Å². The molecule has 1 aliphatic rings. The van der Waals surface area contributed by atoms with Gasteiger partial charge in [0.1, 0.15) is 31.0 Å². The fraction of sp³-hybridized carbons (Fsp3) is 0.367. The summed E-state index contributed by atoms with van der Waals surface area (Å²) in [5.74, 6) is -0.399. The van der Waals surface area contributed by atoms with E-state index in [1.807, 2.05) is 91.0 Å². The van der Waals surface area contributed by atoms with Gasteiger partial charge in [0, 0.05) is 14.0 Å². The molecule has 1 fully saturated rings. The van der Waals surface area contributed by atoms with Crippen LogP contribution in [0.3, 0.4) is 0 Å². The van der Waals surface area contributed by atoms with Crippen LogP contribution in [0.25, 0.3) is 0 Å². The van der Waals surface area contributed by atoms with Gasteiger partial charge in [-0.15, -0.1) is 0 Å². The Balaban J connectivity index is 1.60. The molecule has 1 heterocycles. The smallest absolute Gasteiger partial charge is 0.302 e. The van der Waals surface area contributed by atoms with Crippen molar-refractivity contribution in [3.05, 3.63) is 108 Å². The van der Waals surface area contributed by atoms with E-state index in [-0.39, 0.29) is 6.61 Å². The van der Waals surface area contributed by atoms with E-state index in [9.17, 15) is 4.79 Å². The maximum absolute atomic E-state index is 11.6. The van der Waals surface area contributed by atoms with Gasteiger partial charge in [0.25, 0.3) is 0 Å². The van der Waals surface area contributed by atoms with Crippen molar-refractivity contribution in [1.82, 2.24) is 0 Å². The predicted octanol–water partition coefficient (Wildman–Crippen LogP) is 4.68. The minimum atomic E-state index is -0.749. The Morgan fingerprint density at radius 3 is 1.54 bits per heavy atom. The molecule has 4 rings (SSSR count). The van der Waals surface area contributed by atoms with E-state index in [4.69, 9.17) is 28.4 Å². The number of esters is 1. The van der Waals surface area contributed by atoms with Crippen LogP contribution in [0.1, 0.15) is 23.6 Å². The lowest BCUT2D eigenvalue weighted by Gasteiger charge is -2.45. The molecule has 0 bridgehead atoms. The van der Waals surface area contributed by atoms with Crippen LogP contribution in [0.2, 0.25) is 0 Å². The predicted molar refractivity (Wildman–Crippen MR) is 137 cm³/mol. The van der Waals surface area contributed by atoms with Crippen molar-refractivity contribution in [3.8, 4) is 0 Å². The standard InChI is InChI=1S/C30H34O7/c1-22(31)33-21-26-27(34-18-23-12-6-3-7-13-23)28(35-19-24-14-8-4-9-15-24)29(30(32-2)37-26)36-20-25-16-10-5-11-17-25/h3-17,26-30H,18-21H2,1-2H3/t26-,27+,28+,29-,30+/m1/s1. The normalized spacial score (nSPS) is 23.5. The van der Waals surface area contributed by atoms with Crippen molar-refractivity contribution in [2.45, 2.75) is 57.5 Å². The molecule has 5 atom stereocenters. The lowest BCUT2D eigenvalue weighted by atomic mass is 9.98. The summed E-state index contributed by atoms with van der Waals surface area (Å²) in [6, 6.07) is 29.7. The highest BCUT2D eigenvalue weighted by molar-refractivity contribution is 5.65. The summed E-state index contributed by atoms with van der Waals surface area (Å²) < 4.78 is 36.5. The zero-order valence-electron chi connectivity index (χ0n) is 21.2. The molecule has 1 aliphatic heterocycles. The van der Waals surface area contributed by atoms with Crippen LogP contribution in [0.15, 0.2) is 91.0 Å². The minimum absolute atomic E-state index is 0.00521. The summed E-state index contributed by atoms with van der Waals surface area (Å²) in [4.78, 5) is 11.6. The van der Waals surface area contributed by atoms with Gasteiger partial charge in [-0.3, -0.25) is 4.79 Å². The third-order valence-electron chi connectivity index (χ3n) is 6.13. The Bertz CT molecular complexity index is 1060.